The van der Waals surface area contributed by atoms with Crippen molar-refractivity contribution >= 4 is 18.0 Å². The Kier molecular flexibility index (Phi) is 6.47. The lowest BCUT2D eigenvalue weighted by Gasteiger charge is -2.39. The number of carboxylic acid groups (broad SMARTS) is 1. The SMILES string of the molecule is O=C(NC(C(=O)N1CC(O)CC(C(=O)O)C1)C1CCC1)OCC1c2ccccc2-c2ccccc21. The molecular weight excluding hydrogens is 448 g/mol. The zero-order chi connectivity index (χ0) is 24.5. The Balaban J connectivity index is 1.26. The fourth-order valence-electron chi connectivity index (χ4n) is 5.55. The average molecular weight is 479 g/mol. The number of amides is 2. The number of benzene rings is 2. The molecule has 35 heavy (non-hydrogen) atoms. The second-order valence-electron chi connectivity index (χ2n) is 9.81. The number of aliphatic hydroxyl groups excluding tert-OH is 1. The number of β-amino-alcohol motifs (C(OH)–C–C–N with tert-alkyl or cyclic N) is 1. The first kappa shape index (κ1) is 23.4. The number of aliphatic hydroxyl groups is 1. The molecule has 1 saturated heterocycles. The first-order chi connectivity index (χ1) is 16.9. The lowest BCUT2D eigenvalue weighted by atomic mass is 9.79. The summed E-state index contributed by atoms with van der Waals surface area (Å²) in [5.41, 5.74) is 4.48. The third-order valence-electron chi connectivity index (χ3n) is 7.59. The highest BCUT2D eigenvalue weighted by Crippen LogP contribution is 2.44. The molecule has 0 spiro atoms. The van der Waals surface area contributed by atoms with Crippen LogP contribution < -0.4 is 5.32 Å². The topological polar surface area (TPSA) is 116 Å². The summed E-state index contributed by atoms with van der Waals surface area (Å²) < 4.78 is 5.64. The van der Waals surface area contributed by atoms with Gasteiger partial charge in [-0.2, -0.15) is 0 Å². The zero-order valence-electron chi connectivity index (χ0n) is 19.4. The number of carbonyl (C=O) groups excluding carboxylic acids is 2. The molecule has 2 aromatic carbocycles. The van der Waals surface area contributed by atoms with Crippen molar-refractivity contribution in [3.8, 4) is 11.1 Å². The van der Waals surface area contributed by atoms with Crippen LogP contribution in [0.2, 0.25) is 0 Å². The van der Waals surface area contributed by atoms with E-state index < -0.39 is 30.1 Å². The lowest BCUT2D eigenvalue weighted by Crippen LogP contribution is -2.58. The summed E-state index contributed by atoms with van der Waals surface area (Å²) in [6.45, 7) is 0.244. The Morgan fingerprint density at radius 3 is 2.20 bits per heavy atom. The van der Waals surface area contributed by atoms with Crippen LogP contribution in [0.3, 0.4) is 0 Å². The predicted octanol–water partition coefficient (Wildman–Crippen LogP) is 2.99. The number of piperidine rings is 1. The van der Waals surface area contributed by atoms with Crippen molar-refractivity contribution in [3.05, 3.63) is 59.7 Å². The maximum Gasteiger partial charge on any atom is 0.407 e. The number of hydrogen-bond donors (Lipinski definition) is 3. The maximum absolute atomic E-state index is 13.3. The number of fused-ring (bicyclic) bond motifs is 3. The summed E-state index contributed by atoms with van der Waals surface area (Å²) in [6, 6.07) is 15.4. The summed E-state index contributed by atoms with van der Waals surface area (Å²) in [5, 5.41) is 22.3. The molecule has 1 saturated carbocycles. The normalized spacial score (nSPS) is 22.5. The van der Waals surface area contributed by atoms with Gasteiger partial charge < -0.3 is 25.2 Å². The van der Waals surface area contributed by atoms with E-state index in [2.05, 4.69) is 17.4 Å². The standard InChI is InChI=1S/C27H30N2O6/c30-18-12-17(26(32)33)13-29(14-18)25(31)24(16-6-5-7-16)28-27(34)35-15-23-21-10-3-1-8-19(21)20-9-2-4-11-22(20)23/h1-4,8-11,16-18,23-24,30H,5-7,12-15H2,(H,28,34)(H,32,33). The summed E-state index contributed by atoms with van der Waals surface area (Å²) >= 11 is 0. The van der Waals surface area contributed by atoms with Crippen molar-refractivity contribution in [2.75, 3.05) is 19.7 Å². The van der Waals surface area contributed by atoms with Crippen LogP contribution in [-0.4, -0.2) is 64.9 Å². The molecule has 2 aliphatic carbocycles. The van der Waals surface area contributed by atoms with E-state index in [4.69, 9.17) is 4.74 Å². The van der Waals surface area contributed by atoms with Gasteiger partial charge in [-0.05, 0) is 47.4 Å². The molecule has 0 bridgehead atoms. The molecule has 8 nitrogen and oxygen atoms in total. The van der Waals surface area contributed by atoms with E-state index in [-0.39, 0.29) is 43.9 Å². The number of aliphatic carboxylic acids is 1. The van der Waals surface area contributed by atoms with E-state index in [1.807, 2.05) is 36.4 Å². The minimum atomic E-state index is -1.04. The summed E-state index contributed by atoms with van der Waals surface area (Å²) in [5.74, 6) is -2.32. The minimum absolute atomic E-state index is 0.0228. The van der Waals surface area contributed by atoms with Gasteiger partial charge in [0.05, 0.1) is 12.0 Å². The van der Waals surface area contributed by atoms with Crippen LogP contribution in [0.4, 0.5) is 4.79 Å². The van der Waals surface area contributed by atoms with E-state index in [1.54, 1.807) is 0 Å². The third kappa shape index (κ3) is 4.62. The number of rotatable bonds is 6. The molecule has 2 aromatic rings. The van der Waals surface area contributed by atoms with Crippen LogP contribution in [0.25, 0.3) is 11.1 Å². The van der Waals surface area contributed by atoms with Gasteiger partial charge in [-0.25, -0.2) is 4.79 Å². The van der Waals surface area contributed by atoms with Crippen molar-refractivity contribution in [2.24, 2.45) is 11.8 Å². The van der Waals surface area contributed by atoms with Crippen LogP contribution in [0.5, 0.6) is 0 Å². The van der Waals surface area contributed by atoms with Gasteiger partial charge in [0.1, 0.15) is 12.6 Å². The summed E-state index contributed by atoms with van der Waals surface area (Å²) in [7, 11) is 0. The Morgan fingerprint density at radius 1 is 1.00 bits per heavy atom. The molecule has 3 aliphatic rings. The first-order valence-corrected chi connectivity index (χ1v) is 12.2. The van der Waals surface area contributed by atoms with E-state index in [1.165, 1.54) is 4.90 Å². The van der Waals surface area contributed by atoms with E-state index in [9.17, 15) is 24.6 Å². The van der Waals surface area contributed by atoms with Gasteiger partial charge in [0.2, 0.25) is 5.91 Å². The molecule has 3 N–H and O–H groups in total. The first-order valence-electron chi connectivity index (χ1n) is 12.2. The predicted molar refractivity (Wildman–Crippen MR) is 128 cm³/mol. The van der Waals surface area contributed by atoms with E-state index >= 15 is 0 Å². The highest BCUT2D eigenvalue weighted by molar-refractivity contribution is 5.87. The molecule has 3 atom stereocenters. The van der Waals surface area contributed by atoms with Crippen LogP contribution in [0, 0.1) is 11.8 Å². The van der Waals surface area contributed by atoms with Gasteiger partial charge in [0.25, 0.3) is 0 Å². The van der Waals surface area contributed by atoms with Crippen LogP contribution in [0.1, 0.15) is 42.7 Å². The Labute approximate surface area is 203 Å². The monoisotopic (exact) mass is 478 g/mol. The van der Waals surface area contributed by atoms with Crippen LogP contribution in [0.15, 0.2) is 48.5 Å². The molecule has 0 aromatic heterocycles. The van der Waals surface area contributed by atoms with E-state index in [0.717, 1.165) is 41.5 Å². The molecule has 3 unspecified atom stereocenters. The number of nitrogens with one attached hydrogen (secondary N) is 1. The number of likely N-dealkylation sites (tertiary alicyclic amines) is 1. The maximum atomic E-state index is 13.3. The third-order valence-corrected chi connectivity index (χ3v) is 7.59. The zero-order valence-corrected chi connectivity index (χ0v) is 19.4. The fraction of sp³-hybridized carbons (Fsp3) is 0.444. The molecule has 0 radical (unpaired) electrons. The quantitative estimate of drug-likeness (QED) is 0.588. The molecule has 1 heterocycles. The summed E-state index contributed by atoms with van der Waals surface area (Å²) in [6.07, 6.45) is 1.14. The molecule has 184 valence electrons. The van der Waals surface area contributed by atoms with Crippen molar-refractivity contribution in [2.45, 2.75) is 43.7 Å². The highest BCUT2D eigenvalue weighted by Gasteiger charge is 2.41. The fourth-order valence-corrected chi connectivity index (χ4v) is 5.55. The molecule has 2 amide bonds. The van der Waals surface area contributed by atoms with E-state index in [0.29, 0.717) is 0 Å². The van der Waals surface area contributed by atoms with Gasteiger partial charge >= 0.3 is 12.1 Å². The number of ether oxygens (including phenoxy) is 1. The van der Waals surface area contributed by atoms with Gasteiger partial charge in [0.15, 0.2) is 0 Å². The smallest absolute Gasteiger partial charge is 0.407 e. The summed E-state index contributed by atoms with van der Waals surface area (Å²) in [4.78, 5) is 39.0. The lowest BCUT2D eigenvalue weighted by molar-refractivity contribution is -0.150. The van der Waals surface area contributed by atoms with Gasteiger partial charge in [-0.3, -0.25) is 9.59 Å². The number of carbonyl (C=O) groups is 3. The second-order valence-corrected chi connectivity index (χ2v) is 9.81. The van der Waals surface area contributed by atoms with Gasteiger partial charge in [-0.1, -0.05) is 55.0 Å². The number of alkyl carbamates (subject to hydrolysis) is 1. The molecule has 1 aliphatic heterocycles. The Hall–Kier alpha value is -3.39. The molecular formula is C27H30N2O6. The number of nitrogens with zero attached hydrogens (tertiary/aromatic N) is 1. The Morgan fingerprint density at radius 2 is 1.63 bits per heavy atom. The van der Waals surface area contributed by atoms with Crippen LogP contribution >= 0.6 is 0 Å². The number of carboxylic acids is 1. The molecule has 5 rings (SSSR count). The largest absolute Gasteiger partial charge is 0.481 e. The average Bonchev–Trinajstić information content (AvgIpc) is 3.14. The van der Waals surface area contributed by atoms with Crippen LogP contribution in [-0.2, 0) is 14.3 Å². The van der Waals surface area contributed by atoms with Crippen molar-refractivity contribution in [1.29, 1.82) is 0 Å². The number of hydrogen-bond acceptors (Lipinski definition) is 5. The van der Waals surface area contributed by atoms with Crippen molar-refractivity contribution in [3.63, 3.8) is 0 Å². The Bertz CT molecular complexity index is 1080. The van der Waals surface area contributed by atoms with Crippen molar-refractivity contribution < 1.29 is 29.3 Å². The van der Waals surface area contributed by atoms with Gasteiger partial charge in [0, 0.05) is 19.0 Å². The minimum Gasteiger partial charge on any atom is -0.481 e. The highest BCUT2D eigenvalue weighted by atomic mass is 16.5. The van der Waals surface area contributed by atoms with Gasteiger partial charge in [-0.15, -0.1) is 0 Å². The van der Waals surface area contributed by atoms with Crippen molar-refractivity contribution in [1.82, 2.24) is 10.2 Å². The second kappa shape index (κ2) is 9.70. The molecule has 2 fully saturated rings. The molecule has 8 heteroatoms.